The summed E-state index contributed by atoms with van der Waals surface area (Å²) in [5.41, 5.74) is 2.12. The monoisotopic (exact) mass is 272 g/mol. The van der Waals surface area contributed by atoms with Crippen LogP contribution in [0.2, 0.25) is 0 Å². The molecule has 2 aromatic rings. The standard InChI is InChI=1S/C16H24N4/c1-12(2)19-9-5-7-14(11-19)10-15-17-16-8-4-6-13(3)20(16)18-15/h4,6,8,12,14H,5,7,9-11H2,1-3H3. The molecule has 1 aliphatic rings. The van der Waals surface area contributed by atoms with Crippen LogP contribution in [0.5, 0.6) is 0 Å². The molecule has 1 fully saturated rings. The highest BCUT2D eigenvalue weighted by molar-refractivity contribution is 5.38. The van der Waals surface area contributed by atoms with Gasteiger partial charge >= 0.3 is 0 Å². The molecule has 1 saturated heterocycles. The first-order valence-electron chi connectivity index (χ1n) is 7.69. The van der Waals surface area contributed by atoms with Gasteiger partial charge in [0.05, 0.1) is 0 Å². The minimum atomic E-state index is 0.647. The maximum absolute atomic E-state index is 4.67. The van der Waals surface area contributed by atoms with E-state index >= 15 is 0 Å². The summed E-state index contributed by atoms with van der Waals surface area (Å²) in [4.78, 5) is 7.25. The number of fused-ring (bicyclic) bond motifs is 1. The van der Waals surface area contributed by atoms with Crippen molar-refractivity contribution >= 4 is 5.65 Å². The Morgan fingerprint density at radius 2 is 2.20 bits per heavy atom. The summed E-state index contributed by atoms with van der Waals surface area (Å²) in [6.07, 6.45) is 3.61. The second-order valence-corrected chi connectivity index (χ2v) is 6.27. The number of aryl methyl sites for hydroxylation is 1. The van der Waals surface area contributed by atoms with Crippen LogP contribution in [0.1, 0.15) is 38.2 Å². The SMILES string of the molecule is Cc1cccc2nc(CC3CCCN(C(C)C)C3)nn12. The van der Waals surface area contributed by atoms with Crippen molar-refractivity contribution in [1.29, 1.82) is 0 Å². The molecule has 0 bridgehead atoms. The molecule has 0 saturated carbocycles. The lowest BCUT2D eigenvalue weighted by Crippen LogP contribution is -2.40. The zero-order valence-electron chi connectivity index (χ0n) is 12.7. The third kappa shape index (κ3) is 2.70. The van der Waals surface area contributed by atoms with Crippen molar-refractivity contribution in [1.82, 2.24) is 19.5 Å². The van der Waals surface area contributed by atoms with Crippen LogP contribution < -0.4 is 0 Å². The Labute approximate surface area is 120 Å². The van der Waals surface area contributed by atoms with Gasteiger partial charge in [0.2, 0.25) is 0 Å². The third-order valence-corrected chi connectivity index (χ3v) is 4.34. The van der Waals surface area contributed by atoms with Crippen LogP contribution in [0, 0.1) is 12.8 Å². The van der Waals surface area contributed by atoms with Crippen molar-refractivity contribution in [2.45, 2.75) is 46.1 Å². The Balaban J connectivity index is 1.74. The molecule has 0 N–H and O–H groups in total. The summed E-state index contributed by atoms with van der Waals surface area (Å²) < 4.78 is 1.96. The summed E-state index contributed by atoms with van der Waals surface area (Å²) >= 11 is 0. The van der Waals surface area contributed by atoms with Crippen LogP contribution in [-0.2, 0) is 6.42 Å². The van der Waals surface area contributed by atoms with Gasteiger partial charge in [-0.05, 0) is 58.2 Å². The molecule has 3 heterocycles. The van der Waals surface area contributed by atoms with E-state index in [9.17, 15) is 0 Å². The van der Waals surface area contributed by atoms with E-state index in [-0.39, 0.29) is 0 Å². The second kappa shape index (κ2) is 5.52. The highest BCUT2D eigenvalue weighted by Crippen LogP contribution is 2.21. The van der Waals surface area contributed by atoms with E-state index in [1.807, 2.05) is 16.6 Å². The summed E-state index contributed by atoms with van der Waals surface area (Å²) in [5.74, 6) is 1.69. The van der Waals surface area contributed by atoms with Crippen molar-refractivity contribution in [3.8, 4) is 0 Å². The number of rotatable bonds is 3. The third-order valence-electron chi connectivity index (χ3n) is 4.34. The molecule has 0 spiro atoms. The molecular weight excluding hydrogens is 248 g/mol. The van der Waals surface area contributed by atoms with Crippen molar-refractivity contribution in [2.24, 2.45) is 5.92 Å². The fraction of sp³-hybridized carbons (Fsp3) is 0.625. The molecule has 4 nitrogen and oxygen atoms in total. The predicted octanol–water partition coefficient (Wildman–Crippen LogP) is 2.70. The lowest BCUT2D eigenvalue weighted by Gasteiger charge is -2.35. The molecule has 0 aliphatic carbocycles. The predicted molar refractivity (Wildman–Crippen MR) is 80.9 cm³/mol. The molecule has 20 heavy (non-hydrogen) atoms. The number of nitrogens with zero attached hydrogens (tertiary/aromatic N) is 4. The largest absolute Gasteiger partial charge is 0.301 e. The minimum Gasteiger partial charge on any atom is -0.301 e. The Morgan fingerprint density at radius 1 is 1.35 bits per heavy atom. The van der Waals surface area contributed by atoms with Gasteiger partial charge in [0.1, 0.15) is 0 Å². The van der Waals surface area contributed by atoms with Crippen molar-refractivity contribution in [3.63, 3.8) is 0 Å². The lowest BCUT2D eigenvalue weighted by atomic mass is 9.94. The number of hydrogen-bond acceptors (Lipinski definition) is 3. The Bertz CT molecular complexity index is 587. The maximum Gasteiger partial charge on any atom is 0.155 e. The van der Waals surface area contributed by atoms with E-state index in [4.69, 9.17) is 0 Å². The van der Waals surface area contributed by atoms with E-state index in [0.717, 1.165) is 23.6 Å². The molecule has 1 unspecified atom stereocenters. The zero-order valence-corrected chi connectivity index (χ0v) is 12.7. The van der Waals surface area contributed by atoms with Crippen LogP contribution in [0.25, 0.3) is 5.65 Å². The van der Waals surface area contributed by atoms with Crippen LogP contribution in [0.3, 0.4) is 0 Å². The number of hydrogen-bond donors (Lipinski definition) is 0. The maximum atomic E-state index is 4.67. The van der Waals surface area contributed by atoms with Gasteiger partial charge in [-0.1, -0.05) is 6.07 Å². The summed E-state index contributed by atoms with van der Waals surface area (Å²) in [7, 11) is 0. The van der Waals surface area contributed by atoms with Gasteiger partial charge < -0.3 is 4.90 Å². The van der Waals surface area contributed by atoms with Gasteiger partial charge in [-0.15, -0.1) is 0 Å². The van der Waals surface area contributed by atoms with E-state index in [0.29, 0.717) is 12.0 Å². The average molecular weight is 272 g/mol. The number of piperidine rings is 1. The lowest BCUT2D eigenvalue weighted by molar-refractivity contribution is 0.138. The molecule has 2 aromatic heterocycles. The van der Waals surface area contributed by atoms with E-state index in [1.165, 1.54) is 25.9 Å². The smallest absolute Gasteiger partial charge is 0.155 e. The molecule has 108 valence electrons. The van der Waals surface area contributed by atoms with Gasteiger partial charge in [-0.3, -0.25) is 0 Å². The number of aromatic nitrogens is 3. The second-order valence-electron chi connectivity index (χ2n) is 6.27. The van der Waals surface area contributed by atoms with Crippen molar-refractivity contribution < 1.29 is 0 Å². The molecule has 1 atom stereocenters. The first kappa shape index (κ1) is 13.6. The Morgan fingerprint density at radius 3 is 2.95 bits per heavy atom. The van der Waals surface area contributed by atoms with Crippen molar-refractivity contribution in [2.75, 3.05) is 13.1 Å². The molecular formula is C16H24N4. The van der Waals surface area contributed by atoms with Gasteiger partial charge in [0.15, 0.2) is 11.5 Å². The fourth-order valence-electron chi connectivity index (χ4n) is 3.16. The van der Waals surface area contributed by atoms with E-state index < -0.39 is 0 Å². The van der Waals surface area contributed by atoms with E-state index in [2.05, 4.69) is 41.8 Å². The molecule has 4 heteroatoms. The van der Waals surface area contributed by atoms with Gasteiger partial charge in [0, 0.05) is 24.7 Å². The quantitative estimate of drug-likeness (QED) is 0.861. The average Bonchev–Trinajstić information content (AvgIpc) is 2.83. The Kier molecular flexibility index (Phi) is 3.74. The number of likely N-dealkylation sites (tertiary alicyclic amines) is 1. The zero-order chi connectivity index (χ0) is 14.1. The first-order chi connectivity index (χ1) is 9.63. The van der Waals surface area contributed by atoms with Crippen LogP contribution >= 0.6 is 0 Å². The van der Waals surface area contributed by atoms with Gasteiger partial charge in [-0.25, -0.2) is 9.50 Å². The molecule has 1 aliphatic heterocycles. The normalized spacial score (nSPS) is 20.9. The Hall–Kier alpha value is -1.42. The molecule has 0 aromatic carbocycles. The van der Waals surface area contributed by atoms with Crippen molar-refractivity contribution in [3.05, 3.63) is 29.7 Å². The summed E-state index contributed by atoms with van der Waals surface area (Å²) in [6.45, 7) is 9.08. The topological polar surface area (TPSA) is 33.4 Å². The summed E-state index contributed by atoms with van der Waals surface area (Å²) in [6, 6.07) is 6.80. The highest BCUT2D eigenvalue weighted by atomic mass is 15.3. The number of pyridine rings is 1. The van der Waals surface area contributed by atoms with Crippen LogP contribution in [0.15, 0.2) is 18.2 Å². The molecule has 0 radical (unpaired) electrons. The van der Waals surface area contributed by atoms with Crippen LogP contribution in [-0.4, -0.2) is 38.6 Å². The van der Waals surface area contributed by atoms with Gasteiger partial charge in [-0.2, -0.15) is 5.10 Å². The summed E-state index contributed by atoms with van der Waals surface area (Å²) in [5, 5.41) is 4.66. The first-order valence-corrected chi connectivity index (χ1v) is 7.69. The van der Waals surface area contributed by atoms with Crippen LogP contribution in [0.4, 0.5) is 0 Å². The fourth-order valence-corrected chi connectivity index (χ4v) is 3.16. The molecule has 3 rings (SSSR count). The van der Waals surface area contributed by atoms with Gasteiger partial charge in [0.25, 0.3) is 0 Å². The minimum absolute atomic E-state index is 0.647. The highest BCUT2D eigenvalue weighted by Gasteiger charge is 2.23. The molecule has 0 amide bonds. The van der Waals surface area contributed by atoms with E-state index in [1.54, 1.807) is 0 Å².